The number of hydrogen-bond acceptors (Lipinski definition) is 8. The standard InChI is InChI=1S/C19H16F4N8O3/c20-12-1-3-14(15(21)7-12)18(34,9-29-10-25-27-28-29)19(22,23)16-4-2-13(8-24-16)30-11-26-31(5-6-32)17(30)33/h1-4,7-8,10-11,32,34H,5-6,9H2. The Kier molecular flexibility index (Phi) is 5.97. The van der Waals surface area contributed by atoms with Gasteiger partial charge in [0.05, 0.1) is 31.6 Å². The van der Waals surface area contributed by atoms with Crippen molar-refractivity contribution in [2.24, 2.45) is 0 Å². The maximum absolute atomic E-state index is 15.7. The number of nitrogens with zero attached hydrogens (tertiary/aromatic N) is 8. The van der Waals surface area contributed by atoms with Gasteiger partial charge in [-0.05, 0) is 34.7 Å². The molecule has 1 atom stereocenters. The van der Waals surface area contributed by atoms with Gasteiger partial charge >= 0.3 is 11.6 Å². The number of alkyl halides is 2. The first kappa shape index (κ1) is 23.2. The third-order valence-electron chi connectivity index (χ3n) is 5.07. The van der Waals surface area contributed by atoms with Crippen molar-refractivity contribution in [1.29, 1.82) is 0 Å². The van der Waals surface area contributed by atoms with E-state index in [4.69, 9.17) is 5.11 Å². The monoisotopic (exact) mass is 480 g/mol. The van der Waals surface area contributed by atoms with Gasteiger partial charge in [-0.3, -0.25) is 4.98 Å². The van der Waals surface area contributed by atoms with Gasteiger partial charge < -0.3 is 10.2 Å². The smallest absolute Gasteiger partial charge is 0.350 e. The van der Waals surface area contributed by atoms with Crippen molar-refractivity contribution in [3.05, 3.63) is 82.6 Å². The van der Waals surface area contributed by atoms with E-state index < -0.39 is 46.6 Å². The molecule has 1 aromatic carbocycles. The molecular formula is C19H16F4N8O3. The number of tetrazole rings is 1. The highest BCUT2D eigenvalue weighted by atomic mass is 19.3. The van der Waals surface area contributed by atoms with E-state index in [1.54, 1.807) is 0 Å². The summed E-state index contributed by atoms with van der Waals surface area (Å²) in [4.78, 5) is 15.9. The maximum atomic E-state index is 15.7. The fraction of sp³-hybridized carbons (Fsp3) is 0.263. The van der Waals surface area contributed by atoms with Crippen LogP contribution >= 0.6 is 0 Å². The van der Waals surface area contributed by atoms with Crippen LogP contribution in [0.15, 0.2) is 54.0 Å². The van der Waals surface area contributed by atoms with Crippen LogP contribution < -0.4 is 5.69 Å². The summed E-state index contributed by atoms with van der Waals surface area (Å²) < 4.78 is 62.1. The summed E-state index contributed by atoms with van der Waals surface area (Å²) in [6, 6.07) is 3.76. The number of hydrogen-bond donors (Lipinski definition) is 2. The van der Waals surface area contributed by atoms with Crippen molar-refractivity contribution in [3.63, 3.8) is 0 Å². The number of halogens is 4. The number of benzene rings is 1. The fourth-order valence-corrected chi connectivity index (χ4v) is 3.35. The first-order valence-electron chi connectivity index (χ1n) is 9.66. The largest absolute Gasteiger partial charge is 0.394 e. The molecule has 0 aliphatic heterocycles. The van der Waals surface area contributed by atoms with E-state index in [-0.39, 0.29) is 18.8 Å². The summed E-state index contributed by atoms with van der Waals surface area (Å²) in [7, 11) is 0. The lowest BCUT2D eigenvalue weighted by molar-refractivity contribution is -0.207. The van der Waals surface area contributed by atoms with Crippen molar-refractivity contribution in [2.75, 3.05) is 6.61 Å². The van der Waals surface area contributed by atoms with Gasteiger partial charge in [0.1, 0.15) is 30.0 Å². The molecule has 4 aromatic rings. The number of aliphatic hydroxyl groups is 2. The number of rotatable bonds is 8. The van der Waals surface area contributed by atoms with Gasteiger partial charge in [-0.1, -0.05) is 0 Å². The lowest BCUT2D eigenvalue weighted by atomic mass is 9.84. The Balaban J connectivity index is 1.76. The predicted octanol–water partition coefficient (Wildman–Crippen LogP) is 0.366. The van der Waals surface area contributed by atoms with Gasteiger partial charge in [0.2, 0.25) is 0 Å². The lowest BCUT2D eigenvalue weighted by Crippen LogP contribution is -2.48. The second-order valence-electron chi connectivity index (χ2n) is 7.20. The van der Waals surface area contributed by atoms with Crippen molar-refractivity contribution in [2.45, 2.75) is 24.6 Å². The van der Waals surface area contributed by atoms with E-state index >= 15 is 8.78 Å². The Morgan fingerprint density at radius 2 is 1.88 bits per heavy atom. The average molecular weight is 480 g/mol. The van der Waals surface area contributed by atoms with Gasteiger partial charge in [0.25, 0.3) is 0 Å². The zero-order valence-corrected chi connectivity index (χ0v) is 17.1. The molecule has 0 saturated heterocycles. The van der Waals surface area contributed by atoms with Crippen molar-refractivity contribution >= 4 is 0 Å². The Bertz CT molecular complexity index is 1340. The fourth-order valence-electron chi connectivity index (χ4n) is 3.35. The highest BCUT2D eigenvalue weighted by Crippen LogP contribution is 2.46. The summed E-state index contributed by atoms with van der Waals surface area (Å²) in [5.41, 5.74) is -5.71. The Morgan fingerprint density at radius 3 is 2.50 bits per heavy atom. The molecule has 3 heterocycles. The Hall–Kier alpha value is -3.98. The minimum atomic E-state index is -4.23. The molecule has 0 bridgehead atoms. The zero-order valence-electron chi connectivity index (χ0n) is 17.1. The van der Waals surface area contributed by atoms with E-state index in [1.165, 1.54) is 0 Å². The number of aliphatic hydroxyl groups excluding tert-OH is 1. The predicted molar refractivity (Wildman–Crippen MR) is 105 cm³/mol. The summed E-state index contributed by atoms with van der Waals surface area (Å²) in [6.07, 6.45) is 3.00. The van der Waals surface area contributed by atoms with Gasteiger partial charge in [-0.25, -0.2) is 27.5 Å². The molecule has 4 rings (SSSR count). The van der Waals surface area contributed by atoms with Crippen LogP contribution in [0.5, 0.6) is 0 Å². The quantitative estimate of drug-likeness (QED) is 0.345. The molecule has 0 spiro atoms. The molecule has 3 aromatic heterocycles. The molecular weight excluding hydrogens is 464 g/mol. The normalized spacial score (nSPS) is 13.7. The second kappa shape index (κ2) is 8.75. The molecule has 0 saturated carbocycles. The van der Waals surface area contributed by atoms with Crippen LogP contribution in [0.2, 0.25) is 0 Å². The molecule has 2 N–H and O–H groups in total. The van der Waals surface area contributed by atoms with Gasteiger partial charge in [0.15, 0.2) is 5.60 Å². The Morgan fingerprint density at radius 1 is 1.09 bits per heavy atom. The van der Waals surface area contributed by atoms with E-state index in [0.29, 0.717) is 12.1 Å². The second-order valence-corrected chi connectivity index (χ2v) is 7.20. The van der Waals surface area contributed by atoms with Crippen LogP contribution in [-0.2, 0) is 24.6 Å². The van der Waals surface area contributed by atoms with Crippen molar-refractivity contribution in [1.82, 2.24) is 39.5 Å². The van der Waals surface area contributed by atoms with Gasteiger partial charge in [-0.2, -0.15) is 13.9 Å². The SMILES string of the molecule is O=c1n(-c2ccc(C(F)(F)C(O)(Cn3cnnn3)c3ccc(F)cc3F)nc2)cnn1CCO. The third-order valence-corrected chi connectivity index (χ3v) is 5.07. The number of aromatic nitrogens is 8. The topological polar surface area (TPSA) is 137 Å². The van der Waals surface area contributed by atoms with Gasteiger partial charge in [-0.15, -0.1) is 5.10 Å². The third kappa shape index (κ3) is 3.94. The average Bonchev–Trinajstić information content (AvgIpc) is 3.44. The molecule has 15 heteroatoms. The summed E-state index contributed by atoms with van der Waals surface area (Å²) in [5, 5.41) is 33.9. The van der Waals surface area contributed by atoms with Crippen molar-refractivity contribution < 1.29 is 27.8 Å². The van der Waals surface area contributed by atoms with Crippen LogP contribution in [0, 0.1) is 11.6 Å². The zero-order chi connectivity index (χ0) is 24.5. The molecule has 0 amide bonds. The first-order valence-corrected chi connectivity index (χ1v) is 9.66. The first-order chi connectivity index (χ1) is 16.2. The highest BCUT2D eigenvalue weighted by Gasteiger charge is 2.58. The molecule has 178 valence electrons. The van der Waals surface area contributed by atoms with E-state index in [0.717, 1.165) is 51.0 Å². The van der Waals surface area contributed by atoms with Crippen LogP contribution in [0.3, 0.4) is 0 Å². The van der Waals surface area contributed by atoms with Crippen molar-refractivity contribution in [3.8, 4) is 5.69 Å². The number of pyridine rings is 1. The summed E-state index contributed by atoms with van der Waals surface area (Å²) >= 11 is 0. The molecule has 1 unspecified atom stereocenters. The Labute approximate surface area is 187 Å². The molecule has 0 radical (unpaired) electrons. The molecule has 0 fully saturated rings. The highest BCUT2D eigenvalue weighted by molar-refractivity contribution is 5.34. The lowest BCUT2D eigenvalue weighted by Gasteiger charge is -2.35. The van der Waals surface area contributed by atoms with Crippen LogP contribution in [0.1, 0.15) is 11.3 Å². The summed E-state index contributed by atoms with van der Waals surface area (Å²) in [5.74, 6) is -6.67. The van der Waals surface area contributed by atoms with Gasteiger partial charge in [0, 0.05) is 11.6 Å². The minimum absolute atomic E-state index is 0.0666. The molecule has 0 aliphatic carbocycles. The molecule has 0 aliphatic rings. The van der Waals surface area contributed by atoms with Crippen LogP contribution in [0.4, 0.5) is 17.6 Å². The van der Waals surface area contributed by atoms with E-state index in [9.17, 15) is 18.7 Å². The molecule has 34 heavy (non-hydrogen) atoms. The van der Waals surface area contributed by atoms with E-state index in [1.807, 2.05) is 0 Å². The molecule has 11 nitrogen and oxygen atoms in total. The maximum Gasteiger partial charge on any atom is 0.350 e. The van der Waals surface area contributed by atoms with Crippen LogP contribution in [0.25, 0.3) is 5.69 Å². The minimum Gasteiger partial charge on any atom is -0.394 e. The summed E-state index contributed by atoms with van der Waals surface area (Å²) in [6.45, 7) is -1.39. The van der Waals surface area contributed by atoms with E-state index in [2.05, 4.69) is 25.6 Å². The van der Waals surface area contributed by atoms with Crippen LogP contribution in [-0.4, -0.2) is 56.4 Å².